The van der Waals surface area contributed by atoms with Crippen LogP contribution in [0.1, 0.15) is 29.2 Å². The maximum absolute atomic E-state index is 6.28. The maximum atomic E-state index is 6.28. The Morgan fingerprint density at radius 1 is 1.21 bits per heavy atom. The third-order valence-electron chi connectivity index (χ3n) is 3.70. The number of halogens is 1. The minimum Gasteiger partial charge on any atom is -0.399 e. The van der Waals surface area contributed by atoms with Gasteiger partial charge in [0, 0.05) is 5.69 Å². The van der Waals surface area contributed by atoms with Crippen LogP contribution < -0.4 is 11.1 Å². The van der Waals surface area contributed by atoms with Gasteiger partial charge in [0.15, 0.2) is 0 Å². The van der Waals surface area contributed by atoms with Crippen LogP contribution >= 0.6 is 11.6 Å². The fourth-order valence-electron chi connectivity index (χ4n) is 2.71. The zero-order valence-electron chi connectivity index (χ0n) is 10.9. The summed E-state index contributed by atoms with van der Waals surface area (Å²) in [4.78, 5) is 0. The molecule has 19 heavy (non-hydrogen) atoms. The lowest BCUT2D eigenvalue weighted by molar-refractivity contribution is 0.762. The Balaban J connectivity index is 1.86. The number of anilines is 2. The first kappa shape index (κ1) is 12.4. The number of hydrogen-bond acceptors (Lipinski definition) is 2. The molecule has 0 spiro atoms. The minimum atomic E-state index is 0.329. The fraction of sp³-hybridized carbons (Fsp3) is 0.250. The topological polar surface area (TPSA) is 38.0 Å². The first-order valence-corrected chi connectivity index (χ1v) is 6.92. The molecule has 0 saturated carbocycles. The van der Waals surface area contributed by atoms with Crippen molar-refractivity contribution in [2.75, 3.05) is 11.1 Å². The van der Waals surface area contributed by atoms with Crippen LogP contribution in [-0.2, 0) is 6.42 Å². The Hall–Kier alpha value is -1.67. The van der Waals surface area contributed by atoms with Crippen LogP contribution in [0.2, 0.25) is 5.02 Å². The number of benzene rings is 2. The first-order valence-electron chi connectivity index (χ1n) is 6.54. The molecule has 1 aliphatic rings. The highest BCUT2D eigenvalue weighted by atomic mass is 35.5. The van der Waals surface area contributed by atoms with Gasteiger partial charge in [-0.2, -0.15) is 0 Å². The molecule has 0 aliphatic heterocycles. The molecule has 3 rings (SSSR count). The van der Waals surface area contributed by atoms with Gasteiger partial charge >= 0.3 is 0 Å². The van der Waals surface area contributed by atoms with Crippen LogP contribution in [0.25, 0.3) is 0 Å². The molecule has 0 radical (unpaired) electrons. The first-order chi connectivity index (χ1) is 9.13. The lowest BCUT2D eigenvalue weighted by Crippen LogP contribution is -2.07. The van der Waals surface area contributed by atoms with Crippen LogP contribution in [0.15, 0.2) is 36.4 Å². The van der Waals surface area contributed by atoms with Gasteiger partial charge in [0.2, 0.25) is 0 Å². The molecular formula is C16H17ClN2. The molecule has 0 fully saturated rings. The van der Waals surface area contributed by atoms with Crippen molar-refractivity contribution in [2.24, 2.45) is 0 Å². The molecular weight excluding hydrogens is 256 g/mol. The predicted octanol–water partition coefficient (Wildman–Crippen LogP) is 4.33. The predicted molar refractivity (Wildman–Crippen MR) is 81.7 cm³/mol. The van der Waals surface area contributed by atoms with Gasteiger partial charge in [-0.3, -0.25) is 0 Å². The van der Waals surface area contributed by atoms with Gasteiger partial charge in [-0.1, -0.05) is 23.7 Å². The van der Waals surface area contributed by atoms with Gasteiger partial charge in [-0.25, -0.2) is 0 Å². The summed E-state index contributed by atoms with van der Waals surface area (Å²) in [7, 11) is 0. The summed E-state index contributed by atoms with van der Waals surface area (Å²) in [5.74, 6) is 0. The van der Waals surface area contributed by atoms with E-state index in [0.29, 0.717) is 6.04 Å². The number of nitrogens with one attached hydrogen (secondary N) is 1. The fourth-order valence-corrected chi connectivity index (χ4v) is 3.00. The third kappa shape index (κ3) is 2.41. The number of nitrogens with two attached hydrogens (primary N) is 1. The molecule has 1 aliphatic carbocycles. The quantitative estimate of drug-likeness (QED) is 0.799. The normalized spacial score (nSPS) is 17.3. The molecule has 2 aromatic carbocycles. The van der Waals surface area contributed by atoms with Crippen LogP contribution in [0, 0.1) is 6.92 Å². The lowest BCUT2D eigenvalue weighted by Gasteiger charge is -2.17. The Labute approximate surface area is 118 Å². The molecule has 0 saturated heterocycles. The van der Waals surface area contributed by atoms with E-state index >= 15 is 0 Å². The minimum absolute atomic E-state index is 0.329. The van der Waals surface area contributed by atoms with E-state index in [1.54, 1.807) is 0 Å². The average Bonchev–Trinajstić information content (AvgIpc) is 2.75. The van der Waals surface area contributed by atoms with Crippen molar-refractivity contribution in [3.63, 3.8) is 0 Å². The second-order valence-corrected chi connectivity index (χ2v) is 5.58. The lowest BCUT2D eigenvalue weighted by atomic mass is 10.1. The average molecular weight is 273 g/mol. The zero-order chi connectivity index (χ0) is 13.4. The molecule has 0 heterocycles. The molecule has 98 valence electrons. The molecule has 3 N–H and O–H groups in total. The summed E-state index contributed by atoms with van der Waals surface area (Å²) in [5.41, 5.74) is 11.5. The highest BCUT2D eigenvalue weighted by Crippen LogP contribution is 2.36. The Morgan fingerprint density at radius 2 is 2.05 bits per heavy atom. The van der Waals surface area contributed by atoms with Gasteiger partial charge in [0.1, 0.15) is 0 Å². The van der Waals surface area contributed by atoms with Gasteiger partial charge in [0.05, 0.1) is 16.8 Å². The van der Waals surface area contributed by atoms with E-state index < -0.39 is 0 Å². The Kier molecular flexibility index (Phi) is 3.11. The molecule has 0 aromatic heterocycles. The van der Waals surface area contributed by atoms with E-state index in [2.05, 4.69) is 23.5 Å². The number of rotatable bonds is 2. The smallest absolute Gasteiger partial charge is 0.0640 e. The van der Waals surface area contributed by atoms with Crippen LogP contribution in [0.4, 0.5) is 11.4 Å². The molecule has 0 amide bonds. The van der Waals surface area contributed by atoms with E-state index in [1.165, 1.54) is 16.7 Å². The van der Waals surface area contributed by atoms with Gasteiger partial charge in [0.25, 0.3) is 0 Å². The van der Waals surface area contributed by atoms with Gasteiger partial charge in [-0.05, 0) is 60.7 Å². The molecule has 1 unspecified atom stereocenters. The van der Waals surface area contributed by atoms with Crippen LogP contribution in [0.5, 0.6) is 0 Å². The molecule has 2 nitrogen and oxygen atoms in total. The summed E-state index contributed by atoms with van der Waals surface area (Å²) in [5, 5.41) is 4.32. The number of aryl methyl sites for hydroxylation is 2. The maximum Gasteiger partial charge on any atom is 0.0640 e. The van der Waals surface area contributed by atoms with E-state index in [0.717, 1.165) is 29.2 Å². The van der Waals surface area contributed by atoms with E-state index in [-0.39, 0.29) is 0 Å². The summed E-state index contributed by atoms with van der Waals surface area (Å²) in [6, 6.07) is 12.6. The van der Waals surface area contributed by atoms with E-state index in [4.69, 9.17) is 17.3 Å². The van der Waals surface area contributed by atoms with Crippen molar-refractivity contribution in [2.45, 2.75) is 25.8 Å². The summed E-state index contributed by atoms with van der Waals surface area (Å²) >= 11 is 6.28. The number of hydrogen-bond donors (Lipinski definition) is 2. The van der Waals surface area contributed by atoms with Crippen LogP contribution in [0.3, 0.4) is 0 Å². The highest BCUT2D eigenvalue weighted by Gasteiger charge is 2.22. The largest absolute Gasteiger partial charge is 0.399 e. The van der Waals surface area contributed by atoms with Crippen molar-refractivity contribution in [1.82, 2.24) is 0 Å². The van der Waals surface area contributed by atoms with Gasteiger partial charge < -0.3 is 11.1 Å². The molecule has 2 aromatic rings. The standard InChI is InChI=1S/C16H17ClN2/c1-10-2-6-16(14(17)8-10)19-15-7-3-11-9-12(18)4-5-13(11)15/h2,4-6,8-9,15,19H,3,7,18H2,1H3. The van der Waals surface area contributed by atoms with Crippen molar-refractivity contribution in [3.05, 3.63) is 58.1 Å². The molecule has 1 atom stereocenters. The summed E-state index contributed by atoms with van der Waals surface area (Å²) < 4.78 is 0. The zero-order valence-corrected chi connectivity index (χ0v) is 11.7. The second-order valence-electron chi connectivity index (χ2n) is 5.18. The Morgan fingerprint density at radius 3 is 2.84 bits per heavy atom. The van der Waals surface area contributed by atoms with E-state index in [1.807, 2.05) is 25.1 Å². The van der Waals surface area contributed by atoms with Crippen molar-refractivity contribution < 1.29 is 0 Å². The van der Waals surface area contributed by atoms with E-state index in [9.17, 15) is 0 Å². The van der Waals surface area contributed by atoms with Crippen molar-refractivity contribution in [3.8, 4) is 0 Å². The SMILES string of the molecule is Cc1ccc(NC2CCc3cc(N)ccc32)c(Cl)c1. The highest BCUT2D eigenvalue weighted by molar-refractivity contribution is 6.33. The summed E-state index contributed by atoms with van der Waals surface area (Å²) in [6.07, 6.45) is 2.16. The summed E-state index contributed by atoms with van der Waals surface area (Å²) in [6.45, 7) is 2.04. The monoisotopic (exact) mass is 272 g/mol. The third-order valence-corrected chi connectivity index (χ3v) is 4.01. The van der Waals surface area contributed by atoms with Crippen molar-refractivity contribution >= 4 is 23.0 Å². The van der Waals surface area contributed by atoms with Crippen molar-refractivity contribution in [1.29, 1.82) is 0 Å². The molecule has 0 bridgehead atoms. The van der Waals surface area contributed by atoms with Crippen LogP contribution in [-0.4, -0.2) is 0 Å². The second kappa shape index (κ2) is 4.78. The number of nitrogen functional groups attached to an aromatic ring is 1. The van der Waals surface area contributed by atoms with Gasteiger partial charge in [-0.15, -0.1) is 0 Å². The number of fused-ring (bicyclic) bond motifs is 1. The Bertz CT molecular complexity index is 622. The molecule has 3 heteroatoms.